The Bertz CT molecular complexity index is 939. The van der Waals surface area contributed by atoms with Crippen molar-refractivity contribution < 1.29 is 8.95 Å². The Hall–Kier alpha value is -2.29. The van der Waals surface area contributed by atoms with Gasteiger partial charge < -0.3 is 15.4 Å². The number of hydrogen-bond donors (Lipinski definition) is 2. The number of anilines is 3. The standard InChI is InChI=1S/C20H22N4O2S2/c1-28(25)16-6-4-14(5-7-16)23-20-21-13-17(18-3-2-12-27-18)19(24-20)22-15-8-10-26-11-9-15/h2-7,12-13,15H,8-11H2,1H3,(H2,21,22,23,24). The molecule has 0 saturated carbocycles. The first-order chi connectivity index (χ1) is 13.7. The van der Waals surface area contributed by atoms with Gasteiger partial charge in [-0.1, -0.05) is 6.07 Å². The molecule has 0 spiro atoms. The summed E-state index contributed by atoms with van der Waals surface area (Å²) in [5.41, 5.74) is 1.86. The van der Waals surface area contributed by atoms with Crippen molar-refractivity contribution in [2.75, 3.05) is 30.1 Å². The highest BCUT2D eigenvalue weighted by Gasteiger charge is 2.18. The number of rotatable bonds is 6. The second kappa shape index (κ2) is 8.81. The molecule has 2 aromatic heterocycles. The molecule has 0 radical (unpaired) electrons. The third kappa shape index (κ3) is 4.57. The molecule has 0 bridgehead atoms. The van der Waals surface area contributed by atoms with Crippen molar-refractivity contribution >= 4 is 39.6 Å². The van der Waals surface area contributed by atoms with Gasteiger partial charge in [0.15, 0.2) is 0 Å². The molecular weight excluding hydrogens is 392 g/mol. The van der Waals surface area contributed by atoms with Crippen molar-refractivity contribution in [2.45, 2.75) is 23.8 Å². The quantitative estimate of drug-likeness (QED) is 0.627. The molecular formula is C20H22N4O2S2. The molecule has 1 fully saturated rings. The van der Waals surface area contributed by atoms with E-state index in [-0.39, 0.29) is 0 Å². The Labute approximate surface area is 170 Å². The summed E-state index contributed by atoms with van der Waals surface area (Å²) in [7, 11) is -0.990. The topological polar surface area (TPSA) is 76.1 Å². The maximum atomic E-state index is 11.5. The molecule has 3 heterocycles. The lowest BCUT2D eigenvalue weighted by molar-refractivity contribution is 0.0904. The Morgan fingerprint density at radius 2 is 1.96 bits per heavy atom. The predicted molar refractivity (Wildman–Crippen MR) is 115 cm³/mol. The summed E-state index contributed by atoms with van der Waals surface area (Å²) in [5, 5.41) is 8.88. The summed E-state index contributed by atoms with van der Waals surface area (Å²) in [6.07, 6.45) is 5.46. The molecule has 28 heavy (non-hydrogen) atoms. The molecule has 1 unspecified atom stereocenters. The maximum Gasteiger partial charge on any atom is 0.229 e. The number of aromatic nitrogens is 2. The van der Waals surface area contributed by atoms with Crippen molar-refractivity contribution in [3.63, 3.8) is 0 Å². The second-order valence-corrected chi connectivity index (χ2v) is 8.90. The van der Waals surface area contributed by atoms with Crippen LogP contribution in [0, 0.1) is 0 Å². The van der Waals surface area contributed by atoms with E-state index in [2.05, 4.69) is 27.1 Å². The molecule has 2 N–H and O–H groups in total. The minimum absolute atomic E-state index is 0.342. The summed E-state index contributed by atoms with van der Waals surface area (Å²) in [6.45, 7) is 1.54. The van der Waals surface area contributed by atoms with E-state index in [9.17, 15) is 4.21 Å². The highest BCUT2D eigenvalue weighted by atomic mass is 32.2. The van der Waals surface area contributed by atoms with Gasteiger partial charge in [0.05, 0.1) is 5.56 Å². The van der Waals surface area contributed by atoms with Gasteiger partial charge in [0.1, 0.15) is 5.82 Å². The summed E-state index contributed by atoms with van der Waals surface area (Å²) < 4.78 is 17.0. The van der Waals surface area contributed by atoms with Gasteiger partial charge >= 0.3 is 0 Å². The smallest absolute Gasteiger partial charge is 0.229 e. The van der Waals surface area contributed by atoms with Crippen LogP contribution in [0.2, 0.25) is 0 Å². The van der Waals surface area contributed by atoms with Crippen LogP contribution in [0.1, 0.15) is 12.8 Å². The lowest BCUT2D eigenvalue weighted by Crippen LogP contribution is -2.28. The minimum Gasteiger partial charge on any atom is -0.381 e. The van der Waals surface area contributed by atoms with Crippen LogP contribution in [0.25, 0.3) is 10.4 Å². The van der Waals surface area contributed by atoms with Gasteiger partial charge in [0.2, 0.25) is 5.95 Å². The third-order valence-corrected chi connectivity index (χ3v) is 6.42. The van der Waals surface area contributed by atoms with E-state index in [0.29, 0.717) is 12.0 Å². The van der Waals surface area contributed by atoms with Gasteiger partial charge in [-0.25, -0.2) is 4.98 Å². The van der Waals surface area contributed by atoms with E-state index in [4.69, 9.17) is 9.72 Å². The Morgan fingerprint density at radius 1 is 1.18 bits per heavy atom. The van der Waals surface area contributed by atoms with Crippen molar-refractivity contribution in [3.05, 3.63) is 48.0 Å². The number of thiophene rings is 1. The molecule has 4 rings (SSSR count). The maximum absolute atomic E-state index is 11.5. The van der Waals surface area contributed by atoms with Crippen LogP contribution >= 0.6 is 11.3 Å². The Morgan fingerprint density at radius 3 is 2.64 bits per heavy atom. The highest BCUT2D eigenvalue weighted by molar-refractivity contribution is 7.84. The fourth-order valence-electron chi connectivity index (χ4n) is 3.06. The lowest BCUT2D eigenvalue weighted by Gasteiger charge is -2.24. The third-order valence-electron chi connectivity index (χ3n) is 4.58. The first kappa shape index (κ1) is 19.0. The predicted octanol–water partition coefficient (Wildman–Crippen LogP) is 4.28. The van der Waals surface area contributed by atoms with Gasteiger partial charge in [-0.2, -0.15) is 4.98 Å². The average molecular weight is 415 g/mol. The zero-order chi connectivity index (χ0) is 19.3. The van der Waals surface area contributed by atoms with Crippen molar-refractivity contribution in [1.29, 1.82) is 0 Å². The Balaban J connectivity index is 1.59. The number of nitrogens with zero attached hydrogens (tertiary/aromatic N) is 2. The van der Waals surface area contributed by atoms with E-state index >= 15 is 0 Å². The Kier molecular flexibility index (Phi) is 5.99. The van der Waals surface area contributed by atoms with Gasteiger partial charge in [-0.3, -0.25) is 4.21 Å². The molecule has 1 aliphatic rings. The molecule has 1 atom stereocenters. The first-order valence-electron chi connectivity index (χ1n) is 9.15. The molecule has 6 nitrogen and oxygen atoms in total. The number of ether oxygens (including phenoxy) is 1. The summed E-state index contributed by atoms with van der Waals surface area (Å²) in [6, 6.07) is 11.9. The van der Waals surface area contributed by atoms with Crippen LogP contribution in [0.3, 0.4) is 0 Å². The summed E-state index contributed by atoms with van der Waals surface area (Å²) in [5.74, 6) is 1.36. The molecule has 1 aliphatic heterocycles. The number of nitrogens with one attached hydrogen (secondary N) is 2. The van der Waals surface area contributed by atoms with Crippen molar-refractivity contribution in [2.24, 2.45) is 0 Å². The van der Waals surface area contributed by atoms with Gasteiger partial charge in [-0.15, -0.1) is 11.3 Å². The van der Waals surface area contributed by atoms with E-state index in [1.165, 1.54) is 0 Å². The average Bonchev–Trinajstić information content (AvgIpc) is 3.24. The van der Waals surface area contributed by atoms with Crippen LogP contribution in [0.15, 0.2) is 52.9 Å². The van der Waals surface area contributed by atoms with E-state index in [0.717, 1.165) is 52.9 Å². The van der Waals surface area contributed by atoms with E-state index in [1.807, 2.05) is 36.5 Å². The summed E-state index contributed by atoms with van der Waals surface area (Å²) in [4.78, 5) is 11.2. The SMILES string of the molecule is CS(=O)c1ccc(Nc2ncc(-c3cccs3)c(NC3CCOCC3)n2)cc1. The monoisotopic (exact) mass is 414 g/mol. The van der Waals surface area contributed by atoms with Gasteiger partial charge in [-0.05, 0) is 48.6 Å². The molecule has 146 valence electrons. The molecule has 0 aliphatic carbocycles. The van der Waals surface area contributed by atoms with Crippen LogP contribution in [-0.4, -0.2) is 39.7 Å². The van der Waals surface area contributed by atoms with Crippen LogP contribution in [-0.2, 0) is 15.5 Å². The summed E-state index contributed by atoms with van der Waals surface area (Å²) >= 11 is 1.67. The second-order valence-electron chi connectivity index (χ2n) is 6.57. The largest absolute Gasteiger partial charge is 0.381 e. The fourth-order valence-corrected chi connectivity index (χ4v) is 4.32. The molecule has 1 saturated heterocycles. The zero-order valence-electron chi connectivity index (χ0n) is 15.6. The van der Waals surface area contributed by atoms with Crippen molar-refractivity contribution in [1.82, 2.24) is 9.97 Å². The lowest BCUT2D eigenvalue weighted by atomic mass is 10.1. The van der Waals surface area contributed by atoms with E-state index in [1.54, 1.807) is 17.6 Å². The molecule has 8 heteroatoms. The fraction of sp³-hybridized carbons (Fsp3) is 0.300. The minimum atomic E-state index is -0.990. The highest BCUT2D eigenvalue weighted by Crippen LogP contribution is 2.32. The van der Waals surface area contributed by atoms with Crippen LogP contribution in [0.4, 0.5) is 17.5 Å². The molecule has 3 aromatic rings. The van der Waals surface area contributed by atoms with E-state index < -0.39 is 10.8 Å². The number of benzene rings is 1. The van der Waals surface area contributed by atoms with Gasteiger partial charge in [0.25, 0.3) is 0 Å². The van der Waals surface area contributed by atoms with Crippen LogP contribution in [0.5, 0.6) is 0 Å². The molecule has 1 aromatic carbocycles. The van der Waals surface area contributed by atoms with Crippen LogP contribution < -0.4 is 10.6 Å². The first-order valence-corrected chi connectivity index (χ1v) is 11.6. The molecule has 0 amide bonds. The van der Waals surface area contributed by atoms with Gasteiger partial charge in [0, 0.05) is 58.0 Å². The van der Waals surface area contributed by atoms with Crippen molar-refractivity contribution in [3.8, 4) is 10.4 Å². The normalized spacial score (nSPS) is 15.9. The zero-order valence-corrected chi connectivity index (χ0v) is 17.2. The number of hydrogen-bond acceptors (Lipinski definition) is 7.